The van der Waals surface area contributed by atoms with Crippen LogP contribution in [-0.2, 0) is 6.42 Å². The molecule has 0 atom stereocenters. The zero-order chi connectivity index (χ0) is 25.8. The second kappa shape index (κ2) is 10.4. The highest BCUT2D eigenvalue weighted by Gasteiger charge is 2.20. The van der Waals surface area contributed by atoms with E-state index in [4.69, 9.17) is 4.52 Å². The topological polar surface area (TPSA) is 104 Å². The first-order valence-electron chi connectivity index (χ1n) is 11.7. The van der Waals surface area contributed by atoms with Crippen LogP contribution < -0.4 is 10.6 Å². The lowest BCUT2D eigenvalue weighted by Crippen LogP contribution is -2.31. The van der Waals surface area contributed by atoms with E-state index in [2.05, 4.69) is 15.8 Å². The van der Waals surface area contributed by atoms with Crippen molar-refractivity contribution in [2.75, 3.05) is 18.5 Å². The number of carbonyl (C=O) groups is 2. The molecule has 0 spiro atoms. The first kappa shape index (κ1) is 26.2. The first-order valence-corrected chi connectivity index (χ1v) is 11.7. The van der Waals surface area contributed by atoms with E-state index in [9.17, 15) is 14.7 Å². The zero-order valence-corrected chi connectivity index (χ0v) is 21.4. The van der Waals surface area contributed by atoms with Gasteiger partial charge in [-0.25, -0.2) is 0 Å². The summed E-state index contributed by atoms with van der Waals surface area (Å²) in [5.41, 5.74) is 4.05. The Labute approximate surface area is 206 Å². The lowest BCUT2D eigenvalue weighted by molar-refractivity contribution is 0.0902. The number of amides is 2. The van der Waals surface area contributed by atoms with Crippen molar-refractivity contribution in [1.82, 2.24) is 10.5 Å². The number of aliphatic hydroxyl groups is 1. The van der Waals surface area contributed by atoms with Crippen molar-refractivity contribution in [2.24, 2.45) is 10.8 Å². The predicted molar refractivity (Wildman–Crippen MR) is 137 cm³/mol. The molecule has 2 aromatic carbocycles. The third-order valence-corrected chi connectivity index (χ3v) is 5.58. The summed E-state index contributed by atoms with van der Waals surface area (Å²) in [7, 11) is 0. The number of hydrogen-bond acceptors (Lipinski definition) is 5. The van der Waals surface area contributed by atoms with Crippen LogP contribution in [0.2, 0.25) is 0 Å². The summed E-state index contributed by atoms with van der Waals surface area (Å²) in [6.45, 7) is 12.6. The standard InChI is InChI=1S/C28H35N3O4/c1-18-10-11-21(30-25(33)20-9-7-8-19(12-20)15-28(5,6)17-32)13-22(18)23-14-24(35-31-23)26(34)29-16-27(2,3)4/h7-14,32H,15-17H2,1-6H3,(H,29,34)(H,30,33). The van der Waals surface area contributed by atoms with E-state index in [-0.39, 0.29) is 35.0 Å². The number of aromatic nitrogens is 1. The molecule has 2 amide bonds. The average molecular weight is 478 g/mol. The average Bonchev–Trinajstić information content (AvgIpc) is 3.28. The third kappa shape index (κ3) is 7.26. The van der Waals surface area contributed by atoms with Crippen molar-refractivity contribution in [3.63, 3.8) is 0 Å². The Hall–Kier alpha value is -3.45. The lowest BCUT2D eigenvalue weighted by atomic mass is 9.86. The molecule has 3 rings (SSSR count). The highest BCUT2D eigenvalue weighted by atomic mass is 16.5. The summed E-state index contributed by atoms with van der Waals surface area (Å²) < 4.78 is 5.29. The minimum absolute atomic E-state index is 0.0454. The van der Waals surface area contributed by atoms with Gasteiger partial charge in [-0.15, -0.1) is 0 Å². The molecule has 7 heteroatoms. The monoisotopic (exact) mass is 477 g/mol. The van der Waals surface area contributed by atoms with Crippen molar-refractivity contribution in [2.45, 2.75) is 48.0 Å². The number of rotatable bonds is 8. The van der Waals surface area contributed by atoms with Gasteiger partial charge in [-0.05, 0) is 59.6 Å². The van der Waals surface area contributed by atoms with Crippen LogP contribution in [0.4, 0.5) is 5.69 Å². The predicted octanol–water partition coefficient (Wildman–Crippen LogP) is 5.24. The van der Waals surface area contributed by atoms with Crippen LogP contribution in [0.5, 0.6) is 0 Å². The number of benzene rings is 2. The third-order valence-electron chi connectivity index (χ3n) is 5.58. The SMILES string of the molecule is Cc1ccc(NC(=O)c2cccc(CC(C)(C)CO)c2)cc1-c1cc(C(=O)NCC(C)(C)C)on1. The van der Waals surface area contributed by atoms with Gasteiger partial charge < -0.3 is 20.3 Å². The summed E-state index contributed by atoms with van der Waals surface area (Å²) in [5.74, 6) is -0.406. The van der Waals surface area contributed by atoms with Gasteiger partial charge in [0, 0.05) is 36.0 Å². The summed E-state index contributed by atoms with van der Waals surface area (Å²) >= 11 is 0. The van der Waals surface area contributed by atoms with Crippen LogP contribution in [-0.4, -0.2) is 35.2 Å². The Morgan fingerprint density at radius 2 is 1.74 bits per heavy atom. The van der Waals surface area contributed by atoms with Gasteiger partial charge in [-0.3, -0.25) is 9.59 Å². The molecule has 3 aromatic rings. The van der Waals surface area contributed by atoms with Crippen LogP contribution in [0.25, 0.3) is 11.3 Å². The molecule has 35 heavy (non-hydrogen) atoms. The molecule has 1 heterocycles. The second-order valence-electron chi connectivity index (χ2n) is 11.0. The molecule has 0 unspecified atom stereocenters. The summed E-state index contributed by atoms with van der Waals surface area (Å²) in [6, 6.07) is 14.6. The molecule has 0 aliphatic heterocycles. The Morgan fingerprint density at radius 3 is 2.43 bits per heavy atom. The maximum Gasteiger partial charge on any atom is 0.289 e. The molecule has 0 aliphatic carbocycles. The summed E-state index contributed by atoms with van der Waals surface area (Å²) in [5, 5.41) is 19.4. The Morgan fingerprint density at radius 1 is 1.00 bits per heavy atom. The van der Waals surface area contributed by atoms with Crippen LogP contribution in [0.1, 0.15) is 66.7 Å². The molecule has 0 saturated carbocycles. The number of anilines is 1. The molecule has 186 valence electrons. The van der Waals surface area contributed by atoms with Gasteiger partial charge in [0.25, 0.3) is 11.8 Å². The van der Waals surface area contributed by atoms with Gasteiger partial charge in [-0.2, -0.15) is 0 Å². The van der Waals surface area contributed by atoms with Crippen molar-refractivity contribution in [3.05, 3.63) is 71.0 Å². The maximum absolute atomic E-state index is 12.9. The molecular formula is C28H35N3O4. The fourth-order valence-corrected chi connectivity index (χ4v) is 3.55. The highest BCUT2D eigenvalue weighted by molar-refractivity contribution is 6.04. The van der Waals surface area contributed by atoms with E-state index < -0.39 is 0 Å². The number of carbonyl (C=O) groups excluding carboxylic acids is 2. The van der Waals surface area contributed by atoms with Crippen molar-refractivity contribution < 1.29 is 19.2 Å². The fourth-order valence-electron chi connectivity index (χ4n) is 3.55. The number of aliphatic hydroxyl groups excluding tert-OH is 1. The summed E-state index contributed by atoms with van der Waals surface area (Å²) in [4.78, 5) is 25.3. The number of aryl methyl sites for hydroxylation is 1. The van der Waals surface area contributed by atoms with E-state index in [0.29, 0.717) is 29.9 Å². The quantitative estimate of drug-likeness (QED) is 0.412. The van der Waals surface area contributed by atoms with Crippen LogP contribution in [0.3, 0.4) is 0 Å². The molecule has 1 aromatic heterocycles. The molecule has 3 N–H and O–H groups in total. The fraction of sp³-hybridized carbons (Fsp3) is 0.393. The van der Waals surface area contributed by atoms with Crippen LogP contribution in [0.15, 0.2) is 53.1 Å². The van der Waals surface area contributed by atoms with Gasteiger partial charge in [0.2, 0.25) is 5.76 Å². The van der Waals surface area contributed by atoms with E-state index in [1.165, 1.54) is 0 Å². The van der Waals surface area contributed by atoms with E-state index >= 15 is 0 Å². The largest absolute Gasteiger partial charge is 0.396 e. The van der Waals surface area contributed by atoms with Gasteiger partial charge in [-0.1, -0.05) is 58.0 Å². The smallest absolute Gasteiger partial charge is 0.289 e. The van der Waals surface area contributed by atoms with Crippen molar-refractivity contribution in [3.8, 4) is 11.3 Å². The molecule has 0 saturated heterocycles. The highest BCUT2D eigenvalue weighted by Crippen LogP contribution is 2.27. The van der Waals surface area contributed by atoms with Gasteiger partial charge >= 0.3 is 0 Å². The Balaban J connectivity index is 1.75. The molecule has 7 nitrogen and oxygen atoms in total. The lowest BCUT2D eigenvalue weighted by Gasteiger charge is -2.21. The number of nitrogens with one attached hydrogen (secondary N) is 2. The zero-order valence-electron chi connectivity index (χ0n) is 21.4. The van der Waals surface area contributed by atoms with Gasteiger partial charge in [0.15, 0.2) is 0 Å². The minimum atomic E-state index is -0.315. The maximum atomic E-state index is 12.9. The van der Waals surface area contributed by atoms with E-state index in [1.54, 1.807) is 12.1 Å². The van der Waals surface area contributed by atoms with Crippen LogP contribution in [0, 0.1) is 17.8 Å². The molecule has 0 bridgehead atoms. The second-order valence-corrected chi connectivity index (χ2v) is 11.0. The number of nitrogens with zero attached hydrogens (tertiary/aromatic N) is 1. The summed E-state index contributed by atoms with van der Waals surface area (Å²) in [6.07, 6.45) is 0.664. The van der Waals surface area contributed by atoms with E-state index in [0.717, 1.165) is 16.7 Å². The van der Waals surface area contributed by atoms with Crippen molar-refractivity contribution >= 4 is 17.5 Å². The first-order chi connectivity index (χ1) is 16.4. The normalized spacial score (nSPS) is 11.9. The van der Waals surface area contributed by atoms with Gasteiger partial charge in [0.05, 0.1) is 0 Å². The van der Waals surface area contributed by atoms with Crippen molar-refractivity contribution in [1.29, 1.82) is 0 Å². The Kier molecular flexibility index (Phi) is 7.80. The molecule has 0 radical (unpaired) electrons. The van der Waals surface area contributed by atoms with E-state index in [1.807, 2.05) is 77.9 Å². The van der Waals surface area contributed by atoms with Gasteiger partial charge in [0.1, 0.15) is 5.69 Å². The Bertz CT molecular complexity index is 1200. The minimum Gasteiger partial charge on any atom is -0.396 e. The van der Waals surface area contributed by atoms with Crippen LogP contribution >= 0.6 is 0 Å². The molecule has 0 aliphatic rings. The molecule has 0 fully saturated rings. The molecular weight excluding hydrogens is 442 g/mol. The number of hydrogen-bond donors (Lipinski definition) is 3.